The first-order valence-corrected chi connectivity index (χ1v) is 11.7. The van der Waals surface area contributed by atoms with Crippen LogP contribution in [-0.2, 0) is 6.54 Å². The highest BCUT2D eigenvalue weighted by molar-refractivity contribution is 6.33. The molecule has 0 radical (unpaired) electrons. The summed E-state index contributed by atoms with van der Waals surface area (Å²) in [5, 5.41) is 9.50. The van der Waals surface area contributed by atoms with Crippen molar-refractivity contribution < 1.29 is 9.13 Å². The number of aryl methyl sites for hydroxylation is 1. The topological polar surface area (TPSA) is 55.6 Å². The summed E-state index contributed by atoms with van der Waals surface area (Å²) in [6.45, 7) is 8.23. The normalized spacial score (nSPS) is 15.7. The van der Waals surface area contributed by atoms with Gasteiger partial charge in [0.2, 0.25) is 0 Å². The lowest BCUT2D eigenvalue weighted by atomic mass is 10.1. The van der Waals surface area contributed by atoms with Crippen molar-refractivity contribution in [2.45, 2.75) is 52.4 Å². The highest BCUT2D eigenvalue weighted by Gasteiger charge is 2.20. The van der Waals surface area contributed by atoms with E-state index < -0.39 is 6.17 Å². The van der Waals surface area contributed by atoms with Crippen molar-refractivity contribution in [3.05, 3.63) is 52.7 Å². The average molecular weight is 468 g/mol. The Hall–Kier alpha value is -2.77. The first-order valence-electron chi connectivity index (χ1n) is 11.4. The summed E-state index contributed by atoms with van der Waals surface area (Å²) in [6.07, 6.45) is 0.569. The third-order valence-corrected chi connectivity index (χ3v) is 6.36. The van der Waals surface area contributed by atoms with Gasteiger partial charge in [0, 0.05) is 25.2 Å². The number of nitrogens with zero attached hydrogens (tertiary/aromatic N) is 5. The minimum atomic E-state index is -0.676. The van der Waals surface area contributed by atoms with E-state index in [9.17, 15) is 4.39 Å². The Balaban J connectivity index is 1.62. The summed E-state index contributed by atoms with van der Waals surface area (Å²) in [6, 6.07) is 11.8. The maximum Gasteiger partial charge on any atom is 0.183 e. The Kier molecular flexibility index (Phi) is 5.93. The van der Waals surface area contributed by atoms with E-state index in [1.165, 1.54) is 0 Å². The summed E-state index contributed by atoms with van der Waals surface area (Å²) in [4.78, 5) is 7.04. The van der Waals surface area contributed by atoms with Gasteiger partial charge in [-0.15, -0.1) is 10.2 Å². The number of alkyl halides is 1. The van der Waals surface area contributed by atoms with Gasteiger partial charge < -0.3 is 4.74 Å². The first-order chi connectivity index (χ1) is 15.9. The molecule has 0 atom stereocenters. The largest absolute Gasteiger partial charge is 0.491 e. The molecule has 0 unspecified atom stereocenters. The lowest BCUT2D eigenvalue weighted by Crippen LogP contribution is -2.33. The standard InChI is InChI=1S/C25H27ClFN5O/c1-15(2)33-19-5-6-21(26)20(13-19)25-30-29-24-16(3)28-22-7-4-17(12-23(22)32(24)25)14-31-10-8-18(27)9-11-31/h4-7,12-13,15,18H,8-11,14H2,1-3H3. The fourth-order valence-corrected chi connectivity index (χ4v) is 4.63. The minimum Gasteiger partial charge on any atom is -0.491 e. The molecule has 1 fully saturated rings. The molecule has 3 heterocycles. The Morgan fingerprint density at radius 3 is 2.67 bits per heavy atom. The lowest BCUT2D eigenvalue weighted by molar-refractivity contribution is 0.145. The van der Waals surface area contributed by atoms with Gasteiger partial charge in [-0.05, 0) is 69.5 Å². The molecule has 0 bridgehead atoms. The molecule has 0 saturated carbocycles. The summed E-state index contributed by atoms with van der Waals surface area (Å²) in [7, 11) is 0. The molecule has 1 aliphatic rings. The van der Waals surface area contributed by atoms with E-state index in [0.717, 1.165) is 53.2 Å². The van der Waals surface area contributed by atoms with Crippen LogP contribution in [0.1, 0.15) is 37.9 Å². The fourth-order valence-electron chi connectivity index (χ4n) is 4.43. The molecule has 1 aliphatic heterocycles. The van der Waals surface area contributed by atoms with Crippen LogP contribution in [0.25, 0.3) is 28.1 Å². The lowest BCUT2D eigenvalue weighted by Gasteiger charge is -2.28. The minimum absolute atomic E-state index is 0.0477. The fraction of sp³-hybridized carbons (Fsp3) is 0.400. The molecule has 0 spiro atoms. The van der Waals surface area contributed by atoms with Crippen LogP contribution in [0.15, 0.2) is 36.4 Å². The van der Waals surface area contributed by atoms with Crippen LogP contribution in [0.4, 0.5) is 4.39 Å². The molecule has 33 heavy (non-hydrogen) atoms. The highest BCUT2D eigenvalue weighted by Crippen LogP contribution is 2.33. The predicted octanol–water partition coefficient (Wildman–Crippen LogP) is 5.63. The van der Waals surface area contributed by atoms with Crippen LogP contribution < -0.4 is 4.74 Å². The monoisotopic (exact) mass is 467 g/mol. The average Bonchev–Trinajstić information content (AvgIpc) is 3.23. The second kappa shape index (κ2) is 8.88. The maximum atomic E-state index is 13.5. The molecule has 0 aliphatic carbocycles. The van der Waals surface area contributed by atoms with Crippen molar-refractivity contribution in [2.24, 2.45) is 0 Å². The molecule has 5 rings (SSSR count). The Labute approximate surface area is 197 Å². The number of ether oxygens (including phenoxy) is 1. The molecule has 8 heteroatoms. The number of halogens is 2. The van der Waals surface area contributed by atoms with Gasteiger partial charge in [-0.3, -0.25) is 9.30 Å². The second-order valence-electron chi connectivity index (χ2n) is 8.96. The molecule has 2 aromatic heterocycles. The van der Waals surface area contributed by atoms with E-state index in [2.05, 4.69) is 27.2 Å². The first kappa shape index (κ1) is 22.0. The molecule has 6 nitrogen and oxygen atoms in total. The van der Waals surface area contributed by atoms with Gasteiger partial charge in [0.1, 0.15) is 11.9 Å². The van der Waals surface area contributed by atoms with Crippen molar-refractivity contribution in [3.63, 3.8) is 0 Å². The van der Waals surface area contributed by atoms with Crippen molar-refractivity contribution in [1.82, 2.24) is 24.5 Å². The SMILES string of the molecule is Cc1nc2ccc(CN3CCC(F)CC3)cc2n2c(-c3cc(OC(C)C)ccc3Cl)nnc12. The van der Waals surface area contributed by atoms with Crippen molar-refractivity contribution in [2.75, 3.05) is 13.1 Å². The smallest absolute Gasteiger partial charge is 0.183 e. The van der Waals surface area contributed by atoms with E-state index in [-0.39, 0.29) is 6.10 Å². The zero-order valence-corrected chi connectivity index (χ0v) is 19.8. The number of fused-ring (bicyclic) bond motifs is 3. The summed E-state index contributed by atoms with van der Waals surface area (Å²) in [5.74, 6) is 1.38. The van der Waals surface area contributed by atoms with Crippen molar-refractivity contribution in [1.29, 1.82) is 0 Å². The van der Waals surface area contributed by atoms with Crippen LogP contribution >= 0.6 is 11.6 Å². The Morgan fingerprint density at radius 2 is 1.91 bits per heavy atom. The van der Waals surface area contributed by atoms with Gasteiger partial charge in [-0.1, -0.05) is 17.7 Å². The van der Waals surface area contributed by atoms with Crippen LogP contribution in [0.3, 0.4) is 0 Å². The Bertz CT molecular complexity index is 1310. The number of hydrogen-bond donors (Lipinski definition) is 0. The van der Waals surface area contributed by atoms with Crippen LogP contribution in [-0.4, -0.2) is 49.8 Å². The summed E-state index contributed by atoms with van der Waals surface area (Å²) in [5.41, 5.74) is 5.17. The van der Waals surface area contributed by atoms with Gasteiger partial charge in [-0.2, -0.15) is 0 Å². The van der Waals surface area contributed by atoms with E-state index in [0.29, 0.717) is 29.3 Å². The zero-order chi connectivity index (χ0) is 23.1. The third-order valence-electron chi connectivity index (χ3n) is 6.03. The number of piperidine rings is 1. The number of hydrogen-bond acceptors (Lipinski definition) is 5. The molecule has 172 valence electrons. The van der Waals surface area contributed by atoms with Crippen LogP contribution in [0.5, 0.6) is 5.75 Å². The molecular weight excluding hydrogens is 441 g/mol. The number of benzene rings is 2. The molecule has 1 saturated heterocycles. The molecule has 4 aromatic rings. The van der Waals surface area contributed by atoms with Crippen LogP contribution in [0.2, 0.25) is 5.02 Å². The molecule has 0 amide bonds. The van der Waals surface area contributed by atoms with Gasteiger partial charge in [0.25, 0.3) is 0 Å². The second-order valence-corrected chi connectivity index (χ2v) is 9.37. The number of likely N-dealkylation sites (tertiary alicyclic amines) is 1. The molecular formula is C25H27ClFN5O. The number of aromatic nitrogens is 4. The van der Waals surface area contributed by atoms with Crippen molar-refractivity contribution >= 4 is 28.3 Å². The van der Waals surface area contributed by atoms with Gasteiger partial charge >= 0.3 is 0 Å². The van der Waals surface area contributed by atoms with E-state index in [4.69, 9.17) is 21.3 Å². The van der Waals surface area contributed by atoms with Crippen molar-refractivity contribution in [3.8, 4) is 17.1 Å². The van der Waals surface area contributed by atoms with E-state index in [1.807, 2.05) is 49.4 Å². The summed E-state index contributed by atoms with van der Waals surface area (Å²) >= 11 is 6.60. The quantitative estimate of drug-likeness (QED) is 0.381. The molecule has 0 N–H and O–H groups in total. The van der Waals surface area contributed by atoms with Crippen LogP contribution in [0, 0.1) is 6.92 Å². The van der Waals surface area contributed by atoms with Gasteiger partial charge in [0.05, 0.1) is 27.9 Å². The molecule has 2 aromatic carbocycles. The maximum absolute atomic E-state index is 13.5. The number of rotatable bonds is 5. The summed E-state index contributed by atoms with van der Waals surface area (Å²) < 4.78 is 21.5. The zero-order valence-electron chi connectivity index (χ0n) is 19.1. The van der Waals surface area contributed by atoms with Gasteiger partial charge in [0.15, 0.2) is 11.5 Å². The van der Waals surface area contributed by atoms with Gasteiger partial charge in [-0.25, -0.2) is 9.37 Å². The third kappa shape index (κ3) is 4.39. The highest BCUT2D eigenvalue weighted by atomic mass is 35.5. The van der Waals surface area contributed by atoms with E-state index in [1.54, 1.807) is 0 Å². The predicted molar refractivity (Wildman–Crippen MR) is 129 cm³/mol. The van der Waals surface area contributed by atoms with E-state index >= 15 is 0 Å². The Morgan fingerprint density at radius 1 is 1.12 bits per heavy atom.